The molecule has 9 nitrogen and oxygen atoms in total. The van der Waals surface area contributed by atoms with E-state index in [-0.39, 0.29) is 36.8 Å². The Balaban J connectivity index is 1.82. The third-order valence-electron chi connectivity index (χ3n) is 4.55. The fourth-order valence-corrected chi connectivity index (χ4v) is 4.71. The van der Waals surface area contributed by atoms with Crippen molar-refractivity contribution in [1.29, 1.82) is 0 Å². The van der Waals surface area contributed by atoms with Gasteiger partial charge in [-0.25, -0.2) is 17.5 Å². The van der Waals surface area contributed by atoms with Crippen LogP contribution in [0.1, 0.15) is 12.6 Å². The third-order valence-corrected chi connectivity index (χ3v) is 6.45. The average molecular weight is 397 g/mol. The van der Waals surface area contributed by atoms with E-state index in [4.69, 9.17) is 0 Å². The molecule has 1 aliphatic heterocycles. The largest absolute Gasteiger partial charge is 0.348 e. The molecular weight excluding hydrogens is 377 g/mol. The number of sulfonamides is 1. The van der Waals surface area contributed by atoms with Crippen molar-refractivity contribution in [3.05, 3.63) is 45.9 Å². The molecule has 1 fully saturated rings. The van der Waals surface area contributed by atoms with Crippen LogP contribution in [-0.4, -0.2) is 53.6 Å². The number of benzene rings is 1. The summed E-state index contributed by atoms with van der Waals surface area (Å²) in [5.74, 6) is -0.244. The molecule has 0 radical (unpaired) electrons. The number of anilines is 1. The molecule has 1 aromatic carbocycles. The quantitative estimate of drug-likeness (QED) is 0.560. The summed E-state index contributed by atoms with van der Waals surface area (Å²) in [4.78, 5) is 12.7. The van der Waals surface area contributed by atoms with E-state index in [0.717, 1.165) is 6.07 Å². The normalized spacial score (nSPS) is 15.9. The summed E-state index contributed by atoms with van der Waals surface area (Å²) in [5, 5.41) is 15.7. The van der Waals surface area contributed by atoms with Gasteiger partial charge in [0.1, 0.15) is 11.5 Å². The molecule has 11 heteroatoms. The van der Waals surface area contributed by atoms with Crippen LogP contribution < -0.4 is 4.90 Å². The predicted molar refractivity (Wildman–Crippen MR) is 96.6 cm³/mol. The molecule has 0 unspecified atom stereocenters. The molecule has 0 atom stereocenters. The first kappa shape index (κ1) is 19.2. The van der Waals surface area contributed by atoms with Crippen LogP contribution in [0.15, 0.2) is 29.2 Å². The molecule has 2 heterocycles. The molecule has 0 bridgehead atoms. The van der Waals surface area contributed by atoms with Crippen molar-refractivity contribution in [2.75, 3.05) is 31.1 Å². The van der Waals surface area contributed by atoms with E-state index in [1.807, 2.05) is 0 Å². The van der Waals surface area contributed by atoms with Crippen molar-refractivity contribution in [2.45, 2.75) is 18.2 Å². The number of piperazine rings is 1. The summed E-state index contributed by atoms with van der Waals surface area (Å²) in [6.45, 7) is 2.63. The number of hydrogen-bond acceptors (Lipinski definition) is 6. The minimum absolute atomic E-state index is 0.0403. The number of rotatable bonds is 5. The minimum atomic E-state index is -3.82. The highest BCUT2D eigenvalue weighted by Gasteiger charge is 2.34. The maximum Gasteiger partial charge on any atom is 0.334 e. The summed E-state index contributed by atoms with van der Waals surface area (Å²) in [7, 11) is -2.18. The Morgan fingerprint density at radius 1 is 1.26 bits per heavy atom. The highest BCUT2D eigenvalue weighted by atomic mass is 32.2. The van der Waals surface area contributed by atoms with Crippen LogP contribution in [0.2, 0.25) is 0 Å². The molecule has 1 aromatic heterocycles. The molecule has 0 spiro atoms. The van der Waals surface area contributed by atoms with Crippen LogP contribution in [0.4, 0.5) is 15.9 Å². The second-order valence-corrected chi connectivity index (χ2v) is 8.14. The number of nitrogens with zero attached hydrogens (tertiary/aromatic N) is 5. The van der Waals surface area contributed by atoms with Gasteiger partial charge in [-0.2, -0.15) is 9.40 Å². The Bertz CT molecular complexity index is 967. The van der Waals surface area contributed by atoms with Crippen molar-refractivity contribution in [2.24, 2.45) is 7.05 Å². The van der Waals surface area contributed by atoms with Gasteiger partial charge in [0.2, 0.25) is 15.8 Å². The summed E-state index contributed by atoms with van der Waals surface area (Å²) in [6.07, 6.45) is 0.429. The molecular formula is C16H20FN5O4S. The molecule has 0 amide bonds. The van der Waals surface area contributed by atoms with E-state index >= 15 is 0 Å². The fraction of sp³-hybridized carbons (Fsp3) is 0.438. The maximum absolute atomic E-state index is 13.4. The molecule has 2 aromatic rings. The van der Waals surface area contributed by atoms with Crippen molar-refractivity contribution in [3.8, 4) is 0 Å². The number of nitro groups is 1. The zero-order valence-electron chi connectivity index (χ0n) is 15.0. The topological polar surface area (TPSA) is 102 Å². The molecule has 0 N–H and O–H groups in total. The van der Waals surface area contributed by atoms with Gasteiger partial charge in [0.15, 0.2) is 0 Å². The number of aryl methyl sites for hydroxylation is 2. The van der Waals surface area contributed by atoms with E-state index in [1.165, 1.54) is 27.2 Å². The van der Waals surface area contributed by atoms with Gasteiger partial charge in [0, 0.05) is 33.2 Å². The first-order valence-electron chi connectivity index (χ1n) is 8.46. The van der Waals surface area contributed by atoms with Crippen LogP contribution in [0.5, 0.6) is 0 Å². The lowest BCUT2D eigenvalue weighted by molar-refractivity contribution is -0.384. The Morgan fingerprint density at radius 3 is 2.48 bits per heavy atom. The summed E-state index contributed by atoms with van der Waals surface area (Å²) >= 11 is 0. The fourth-order valence-electron chi connectivity index (χ4n) is 3.25. The number of hydrogen-bond donors (Lipinski definition) is 0. The van der Waals surface area contributed by atoms with E-state index in [2.05, 4.69) is 5.10 Å². The van der Waals surface area contributed by atoms with E-state index in [0.29, 0.717) is 17.9 Å². The zero-order valence-corrected chi connectivity index (χ0v) is 15.8. The molecule has 0 saturated carbocycles. The minimum Gasteiger partial charge on any atom is -0.348 e. The van der Waals surface area contributed by atoms with Gasteiger partial charge in [-0.1, -0.05) is 13.0 Å². The van der Waals surface area contributed by atoms with E-state index < -0.39 is 20.8 Å². The Hall–Kier alpha value is -2.53. The molecule has 0 aliphatic carbocycles. The highest BCUT2D eigenvalue weighted by molar-refractivity contribution is 7.89. The number of aromatic nitrogens is 2. The second kappa shape index (κ2) is 7.24. The van der Waals surface area contributed by atoms with Crippen molar-refractivity contribution >= 4 is 21.5 Å². The predicted octanol–water partition coefficient (Wildman–Crippen LogP) is 1.54. The molecule has 27 heavy (non-hydrogen) atoms. The molecule has 146 valence electrons. The molecule has 1 saturated heterocycles. The van der Waals surface area contributed by atoms with Gasteiger partial charge >= 0.3 is 5.69 Å². The zero-order chi connectivity index (χ0) is 19.8. The summed E-state index contributed by atoms with van der Waals surface area (Å²) in [6, 6.07) is 4.87. The van der Waals surface area contributed by atoms with Gasteiger partial charge in [0.25, 0.3) is 0 Å². The summed E-state index contributed by atoms with van der Waals surface area (Å²) in [5.41, 5.74) is 0.355. The van der Waals surface area contributed by atoms with Gasteiger partial charge in [0.05, 0.1) is 9.82 Å². The van der Waals surface area contributed by atoms with E-state index in [1.54, 1.807) is 18.9 Å². The third kappa shape index (κ3) is 3.52. The van der Waals surface area contributed by atoms with Crippen LogP contribution in [0, 0.1) is 15.9 Å². The Labute approximate surface area is 156 Å². The van der Waals surface area contributed by atoms with Crippen LogP contribution >= 0.6 is 0 Å². The van der Waals surface area contributed by atoms with Crippen LogP contribution in [0.25, 0.3) is 0 Å². The average Bonchev–Trinajstić information content (AvgIpc) is 2.98. The number of halogens is 1. The monoisotopic (exact) mass is 397 g/mol. The van der Waals surface area contributed by atoms with Gasteiger partial charge in [-0.05, 0) is 24.6 Å². The standard InChI is InChI=1S/C16H20FN5O4S/c1-3-14-15(22(23)24)16(19(2)18-14)20-7-9-21(10-8-20)27(25,26)13-6-4-5-12(17)11-13/h4-6,11H,3,7-10H2,1-2H3. The highest BCUT2D eigenvalue weighted by Crippen LogP contribution is 2.32. The first-order valence-corrected chi connectivity index (χ1v) is 9.90. The first-order chi connectivity index (χ1) is 12.8. The van der Waals surface area contributed by atoms with Crippen molar-refractivity contribution in [1.82, 2.24) is 14.1 Å². The van der Waals surface area contributed by atoms with Gasteiger partial charge < -0.3 is 4.90 Å². The molecule has 1 aliphatic rings. The lowest BCUT2D eigenvalue weighted by Gasteiger charge is -2.34. The lowest BCUT2D eigenvalue weighted by Crippen LogP contribution is -2.49. The Morgan fingerprint density at radius 2 is 1.93 bits per heavy atom. The lowest BCUT2D eigenvalue weighted by atomic mass is 10.2. The van der Waals surface area contributed by atoms with Gasteiger partial charge in [-0.3, -0.25) is 10.1 Å². The van der Waals surface area contributed by atoms with Gasteiger partial charge in [-0.15, -0.1) is 0 Å². The SMILES string of the molecule is CCc1nn(C)c(N2CCN(S(=O)(=O)c3cccc(F)c3)CC2)c1[N+](=O)[O-]. The maximum atomic E-state index is 13.4. The van der Waals surface area contributed by atoms with Crippen molar-refractivity contribution < 1.29 is 17.7 Å². The van der Waals surface area contributed by atoms with Crippen molar-refractivity contribution in [3.63, 3.8) is 0 Å². The second-order valence-electron chi connectivity index (χ2n) is 6.20. The van der Waals surface area contributed by atoms with Crippen LogP contribution in [0.3, 0.4) is 0 Å². The molecule has 3 rings (SSSR count). The summed E-state index contributed by atoms with van der Waals surface area (Å²) < 4.78 is 41.5. The Kier molecular flexibility index (Phi) is 5.16. The van der Waals surface area contributed by atoms with E-state index in [9.17, 15) is 22.9 Å². The van der Waals surface area contributed by atoms with Crippen LogP contribution in [-0.2, 0) is 23.5 Å². The smallest absolute Gasteiger partial charge is 0.334 e.